The van der Waals surface area contributed by atoms with Crippen LogP contribution in [0.5, 0.6) is 0 Å². The molecule has 12 heteroatoms. The molecule has 9 nitrogen and oxygen atoms in total. The minimum atomic E-state index is -4.48. The fourth-order valence-electron chi connectivity index (χ4n) is 3.05. The average Bonchev–Trinajstić information content (AvgIpc) is 2.66. The Labute approximate surface area is 211 Å². The van der Waals surface area contributed by atoms with E-state index in [0.717, 1.165) is 25.9 Å². The molecule has 1 aliphatic rings. The van der Waals surface area contributed by atoms with Crippen LogP contribution in [0, 0.1) is 0 Å². The van der Waals surface area contributed by atoms with Crippen molar-refractivity contribution < 1.29 is 64.4 Å². The first-order valence-electron chi connectivity index (χ1n) is 11.0. The van der Waals surface area contributed by atoms with Crippen LogP contribution >= 0.6 is 0 Å². The normalized spacial score (nSPS) is 15.1. The van der Waals surface area contributed by atoms with Crippen molar-refractivity contribution in [1.29, 1.82) is 0 Å². The van der Waals surface area contributed by atoms with Gasteiger partial charge in [-0.25, -0.2) is 8.42 Å². The van der Waals surface area contributed by atoms with E-state index in [4.69, 9.17) is 9.29 Å². The second-order valence-corrected chi connectivity index (χ2v) is 10.1. The number of nitrogens with zero attached hydrogens (tertiary/aromatic N) is 1. The zero-order valence-electron chi connectivity index (χ0n) is 19.3. The van der Waals surface area contributed by atoms with Crippen molar-refractivity contribution in [3.8, 4) is 0 Å². The quantitative estimate of drug-likeness (QED) is 0.135. The Kier molecular flexibility index (Phi) is 23.2. The molecule has 0 amide bonds. The molecular formula is C19H40NNaO8S2. The minimum Gasteiger partial charge on any atom is -0.726 e. The summed E-state index contributed by atoms with van der Waals surface area (Å²) in [6, 6.07) is 0. The van der Waals surface area contributed by atoms with Crippen LogP contribution in [0.1, 0.15) is 77.6 Å². The predicted molar refractivity (Wildman–Crippen MR) is 116 cm³/mol. The molecule has 0 aromatic rings. The topological polar surface area (TPSA) is 133 Å². The van der Waals surface area contributed by atoms with Crippen molar-refractivity contribution in [2.75, 3.05) is 45.2 Å². The molecule has 1 N–H and O–H groups in total. The van der Waals surface area contributed by atoms with Gasteiger partial charge in [0.2, 0.25) is 10.4 Å². The van der Waals surface area contributed by atoms with Crippen LogP contribution in [0.2, 0.25) is 0 Å². The van der Waals surface area contributed by atoms with Gasteiger partial charge in [0.1, 0.15) is 0 Å². The summed E-state index contributed by atoms with van der Waals surface area (Å²) in [6.07, 6.45) is 12.2. The van der Waals surface area contributed by atoms with E-state index in [1.807, 2.05) is 0 Å². The Hall–Kier alpha value is 0.700. The van der Waals surface area contributed by atoms with Crippen LogP contribution in [0.4, 0.5) is 0 Å². The third kappa shape index (κ3) is 28.7. The SMILES string of the molecule is CCCCCCCCCCCCOS(=O)(=O)[O-].O=S(=O)(O)CCCN1CCOCC1.[Na+]. The van der Waals surface area contributed by atoms with Gasteiger partial charge >= 0.3 is 29.6 Å². The van der Waals surface area contributed by atoms with E-state index < -0.39 is 20.5 Å². The molecule has 0 bridgehead atoms. The summed E-state index contributed by atoms with van der Waals surface area (Å²) in [7, 11) is -8.27. The van der Waals surface area contributed by atoms with Gasteiger partial charge in [-0.1, -0.05) is 64.7 Å². The van der Waals surface area contributed by atoms with Crippen molar-refractivity contribution in [1.82, 2.24) is 4.90 Å². The third-order valence-corrected chi connectivity index (χ3v) is 5.97. The van der Waals surface area contributed by atoms with Crippen LogP contribution in [0.15, 0.2) is 0 Å². The molecule has 0 spiro atoms. The Morgan fingerprint density at radius 3 is 1.81 bits per heavy atom. The average molecular weight is 498 g/mol. The van der Waals surface area contributed by atoms with Gasteiger partial charge in [-0.3, -0.25) is 13.6 Å². The molecule has 182 valence electrons. The van der Waals surface area contributed by atoms with Crippen LogP contribution < -0.4 is 29.6 Å². The second-order valence-electron chi connectivity index (χ2n) is 7.51. The van der Waals surface area contributed by atoms with Gasteiger partial charge in [-0.2, -0.15) is 8.42 Å². The summed E-state index contributed by atoms with van der Waals surface area (Å²) < 4.78 is 68.8. The number of rotatable bonds is 16. The largest absolute Gasteiger partial charge is 1.00 e. The smallest absolute Gasteiger partial charge is 0.726 e. The summed E-state index contributed by atoms with van der Waals surface area (Å²) in [4.78, 5) is 2.13. The van der Waals surface area contributed by atoms with E-state index in [2.05, 4.69) is 16.0 Å². The molecule has 1 rings (SSSR count). The van der Waals surface area contributed by atoms with Gasteiger partial charge in [-0.15, -0.1) is 0 Å². The molecule has 31 heavy (non-hydrogen) atoms. The first kappa shape index (κ1) is 33.9. The fraction of sp³-hybridized carbons (Fsp3) is 1.00. The Morgan fingerprint density at radius 1 is 0.871 bits per heavy atom. The number of ether oxygens (including phenoxy) is 1. The van der Waals surface area contributed by atoms with Gasteiger partial charge in [0.25, 0.3) is 10.1 Å². The summed E-state index contributed by atoms with van der Waals surface area (Å²) in [5.74, 6) is -0.148. The Balaban J connectivity index is 0. The van der Waals surface area contributed by atoms with Crippen molar-refractivity contribution >= 4 is 20.5 Å². The second kappa shape index (κ2) is 21.2. The van der Waals surface area contributed by atoms with E-state index in [-0.39, 0.29) is 41.9 Å². The van der Waals surface area contributed by atoms with Crippen LogP contribution in [-0.2, 0) is 29.4 Å². The van der Waals surface area contributed by atoms with E-state index in [0.29, 0.717) is 32.6 Å². The molecular weight excluding hydrogens is 457 g/mol. The van der Waals surface area contributed by atoms with Crippen LogP contribution in [0.25, 0.3) is 0 Å². The standard InChI is InChI=1S/C12H26O4S.C7H15NO4S.Na/c1-2-3-4-5-6-7-8-9-10-11-12-16-17(13,14)15;9-13(10,11)7-1-2-8-3-5-12-6-4-8;/h2-12H2,1H3,(H,13,14,15);1-7H2,(H,9,10,11);/q;;+1/p-1. The van der Waals surface area contributed by atoms with Crippen molar-refractivity contribution in [2.45, 2.75) is 77.6 Å². The maximum Gasteiger partial charge on any atom is 1.00 e. The summed E-state index contributed by atoms with van der Waals surface area (Å²) >= 11 is 0. The molecule has 0 aliphatic carbocycles. The van der Waals surface area contributed by atoms with E-state index in [9.17, 15) is 21.4 Å². The van der Waals surface area contributed by atoms with Crippen molar-refractivity contribution in [3.63, 3.8) is 0 Å². The molecule has 0 unspecified atom stereocenters. The Morgan fingerprint density at radius 2 is 1.35 bits per heavy atom. The predicted octanol–water partition coefficient (Wildman–Crippen LogP) is -0.0154. The molecule has 1 heterocycles. The van der Waals surface area contributed by atoms with Crippen LogP contribution in [-0.4, -0.2) is 76.0 Å². The maximum atomic E-state index is 10.4. The van der Waals surface area contributed by atoms with Gasteiger partial charge in [0.15, 0.2) is 0 Å². The van der Waals surface area contributed by atoms with Gasteiger partial charge in [0, 0.05) is 13.1 Å². The van der Waals surface area contributed by atoms with E-state index in [1.54, 1.807) is 0 Å². The number of morpholine rings is 1. The van der Waals surface area contributed by atoms with Gasteiger partial charge in [0.05, 0.1) is 25.6 Å². The maximum absolute atomic E-state index is 10.4. The Bertz CT molecular complexity index is 596. The van der Waals surface area contributed by atoms with Crippen LogP contribution in [0.3, 0.4) is 0 Å². The fourth-order valence-corrected chi connectivity index (χ4v) is 3.86. The third-order valence-electron chi connectivity index (χ3n) is 4.71. The van der Waals surface area contributed by atoms with E-state index in [1.165, 1.54) is 44.9 Å². The van der Waals surface area contributed by atoms with Crippen molar-refractivity contribution in [3.05, 3.63) is 0 Å². The molecule has 0 atom stereocenters. The molecule has 1 saturated heterocycles. The monoisotopic (exact) mass is 497 g/mol. The summed E-state index contributed by atoms with van der Waals surface area (Å²) in [6.45, 7) is 6.09. The number of unbranched alkanes of at least 4 members (excludes halogenated alkanes) is 9. The molecule has 0 aromatic heterocycles. The molecule has 0 aromatic carbocycles. The van der Waals surface area contributed by atoms with E-state index >= 15 is 0 Å². The zero-order chi connectivity index (χ0) is 22.7. The zero-order valence-corrected chi connectivity index (χ0v) is 22.9. The minimum absolute atomic E-state index is 0. The number of hydrogen-bond donors (Lipinski definition) is 1. The number of hydrogen-bond acceptors (Lipinski definition) is 8. The molecule has 0 radical (unpaired) electrons. The van der Waals surface area contributed by atoms with Gasteiger partial charge in [-0.05, 0) is 19.4 Å². The molecule has 1 fully saturated rings. The van der Waals surface area contributed by atoms with Gasteiger partial charge < -0.3 is 9.29 Å². The van der Waals surface area contributed by atoms with Crippen molar-refractivity contribution in [2.24, 2.45) is 0 Å². The molecule has 1 aliphatic heterocycles. The first-order valence-corrected chi connectivity index (χ1v) is 13.9. The first-order chi connectivity index (χ1) is 14.1. The summed E-state index contributed by atoms with van der Waals surface area (Å²) in [5, 5.41) is 0. The molecule has 0 saturated carbocycles. The summed E-state index contributed by atoms with van der Waals surface area (Å²) in [5.41, 5.74) is 0.